The molecular formula is C16H22FNO2. The number of nitrogens with zero attached hydrogens (tertiary/aromatic N) is 1. The second kappa shape index (κ2) is 6.84. The summed E-state index contributed by atoms with van der Waals surface area (Å²) in [5.41, 5.74) is 2.10. The Labute approximate surface area is 119 Å². The number of aryl methyl sites for hydroxylation is 1. The zero-order chi connectivity index (χ0) is 14.5. The second-order valence-corrected chi connectivity index (χ2v) is 5.62. The average Bonchev–Trinajstić information content (AvgIpc) is 2.41. The van der Waals surface area contributed by atoms with Crippen molar-refractivity contribution in [3.8, 4) is 0 Å². The first-order chi connectivity index (χ1) is 9.56. The molecule has 0 bridgehead atoms. The molecule has 0 spiro atoms. The fourth-order valence-corrected chi connectivity index (χ4v) is 2.94. The smallest absolute Gasteiger partial charge is 0.303 e. The summed E-state index contributed by atoms with van der Waals surface area (Å²) in [6.45, 7) is 3.71. The summed E-state index contributed by atoms with van der Waals surface area (Å²) >= 11 is 0. The Kier molecular flexibility index (Phi) is 5.12. The first-order valence-electron chi connectivity index (χ1n) is 7.27. The number of halogens is 1. The van der Waals surface area contributed by atoms with Gasteiger partial charge in [-0.2, -0.15) is 0 Å². The molecule has 0 saturated carbocycles. The number of piperidine rings is 1. The summed E-state index contributed by atoms with van der Waals surface area (Å²) < 4.78 is 13.1. The molecule has 1 N–H and O–H groups in total. The predicted octanol–water partition coefficient (Wildman–Crippen LogP) is 3.35. The maximum atomic E-state index is 13.1. The van der Waals surface area contributed by atoms with Crippen LogP contribution in [-0.2, 0) is 11.3 Å². The van der Waals surface area contributed by atoms with Gasteiger partial charge in [0.05, 0.1) is 0 Å². The van der Waals surface area contributed by atoms with Gasteiger partial charge in [-0.15, -0.1) is 0 Å². The number of benzene rings is 1. The fourth-order valence-electron chi connectivity index (χ4n) is 2.94. The van der Waals surface area contributed by atoms with Gasteiger partial charge in [0.25, 0.3) is 0 Å². The highest BCUT2D eigenvalue weighted by Crippen LogP contribution is 2.24. The van der Waals surface area contributed by atoms with Gasteiger partial charge in [-0.3, -0.25) is 9.69 Å². The van der Waals surface area contributed by atoms with Gasteiger partial charge in [-0.05, 0) is 56.0 Å². The van der Waals surface area contributed by atoms with Crippen molar-refractivity contribution in [3.63, 3.8) is 0 Å². The predicted molar refractivity (Wildman–Crippen MR) is 76.1 cm³/mol. The maximum absolute atomic E-state index is 13.1. The Hall–Kier alpha value is -1.42. The highest BCUT2D eigenvalue weighted by atomic mass is 19.1. The summed E-state index contributed by atoms with van der Waals surface area (Å²) in [7, 11) is 0. The van der Waals surface area contributed by atoms with Crippen molar-refractivity contribution >= 4 is 5.97 Å². The van der Waals surface area contributed by atoms with Crippen LogP contribution < -0.4 is 0 Å². The molecule has 1 aliphatic rings. The molecule has 2 rings (SSSR count). The number of aliphatic carboxylic acids is 1. The van der Waals surface area contributed by atoms with Crippen LogP contribution in [0.1, 0.15) is 43.2 Å². The summed E-state index contributed by atoms with van der Waals surface area (Å²) in [5, 5.41) is 8.83. The van der Waals surface area contributed by atoms with Crippen molar-refractivity contribution in [2.24, 2.45) is 0 Å². The van der Waals surface area contributed by atoms with Crippen LogP contribution in [0.3, 0.4) is 0 Å². The van der Waals surface area contributed by atoms with Crippen molar-refractivity contribution in [3.05, 3.63) is 35.1 Å². The third-order valence-corrected chi connectivity index (χ3v) is 4.12. The quantitative estimate of drug-likeness (QED) is 0.898. The van der Waals surface area contributed by atoms with Crippen LogP contribution in [0.5, 0.6) is 0 Å². The van der Waals surface area contributed by atoms with Crippen LogP contribution in [0.4, 0.5) is 4.39 Å². The number of likely N-dealkylation sites (tertiary alicyclic amines) is 1. The molecule has 0 radical (unpaired) electrons. The molecule has 1 aromatic rings. The van der Waals surface area contributed by atoms with E-state index in [2.05, 4.69) is 4.90 Å². The lowest BCUT2D eigenvalue weighted by atomic mass is 9.96. The molecule has 110 valence electrons. The van der Waals surface area contributed by atoms with E-state index < -0.39 is 5.97 Å². The van der Waals surface area contributed by atoms with Gasteiger partial charge < -0.3 is 5.11 Å². The van der Waals surface area contributed by atoms with Crippen LogP contribution in [0.2, 0.25) is 0 Å². The summed E-state index contributed by atoms with van der Waals surface area (Å²) in [6, 6.07) is 5.24. The Morgan fingerprint density at radius 3 is 2.95 bits per heavy atom. The molecule has 0 amide bonds. The molecule has 1 fully saturated rings. The molecule has 1 atom stereocenters. The van der Waals surface area contributed by atoms with E-state index in [4.69, 9.17) is 5.11 Å². The van der Waals surface area contributed by atoms with Crippen molar-refractivity contribution in [1.29, 1.82) is 0 Å². The van der Waals surface area contributed by atoms with Crippen molar-refractivity contribution < 1.29 is 14.3 Å². The van der Waals surface area contributed by atoms with Crippen LogP contribution in [0, 0.1) is 12.7 Å². The Bertz CT molecular complexity index is 476. The molecule has 4 heteroatoms. The van der Waals surface area contributed by atoms with E-state index >= 15 is 0 Å². The van der Waals surface area contributed by atoms with Crippen molar-refractivity contribution in [1.82, 2.24) is 4.90 Å². The van der Waals surface area contributed by atoms with Crippen LogP contribution in [-0.4, -0.2) is 28.6 Å². The minimum atomic E-state index is -0.728. The minimum absolute atomic E-state index is 0.202. The van der Waals surface area contributed by atoms with E-state index in [1.807, 2.05) is 13.0 Å². The van der Waals surface area contributed by atoms with Gasteiger partial charge in [-0.25, -0.2) is 4.39 Å². The van der Waals surface area contributed by atoms with Gasteiger partial charge in [0.1, 0.15) is 5.82 Å². The van der Waals surface area contributed by atoms with E-state index in [1.54, 1.807) is 6.07 Å². The topological polar surface area (TPSA) is 40.5 Å². The van der Waals surface area contributed by atoms with Gasteiger partial charge in [-0.1, -0.05) is 12.5 Å². The second-order valence-electron chi connectivity index (χ2n) is 5.62. The zero-order valence-corrected chi connectivity index (χ0v) is 11.9. The van der Waals surface area contributed by atoms with Crippen LogP contribution in [0.15, 0.2) is 18.2 Å². The lowest BCUT2D eigenvalue weighted by Crippen LogP contribution is -2.39. The first kappa shape index (κ1) is 15.0. The highest BCUT2D eigenvalue weighted by molar-refractivity contribution is 5.66. The Morgan fingerprint density at radius 2 is 2.25 bits per heavy atom. The van der Waals surface area contributed by atoms with E-state index in [0.29, 0.717) is 12.5 Å². The average molecular weight is 279 g/mol. The lowest BCUT2D eigenvalue weighted by Gasteiger charge is -2.36. The molecule has 0 aliphatic carbocycles. The van der Waals surface area contributed by atoms with Gasteiger partial charge >= 0.3 is 5.97 Å². The van der Waals surface area contributed by atoms with E-state index in [-0.39, 0.29) is 12.2 Å². The largest absolute Gasteiger partial charge is 0.481 e. The van der Waals surface area contributed by atoms with Gasteiger partial charge in [0.15, 0.2) is 0 Å². The normalized spacial score (nSPS) is 20.0. The maximum Gasteiger partial charge on any atom is 0.303 e. The van der Waals surface area contributed by atoms with E-state index in [1.165, 1.54) is 12.5 Å². The number of hydrogen-bond donors (Lipinski definition) is 1. The molecule has 3 nitrogen and oxygen atoms in total. The number of hydrogen-bond acceptors (Lipinski definition) is 2. The molecule has 0 aromatic heterocycles. The molecule has 1 aliphatic heterocycles. The Morgan fingerprint density at radius 1 is 1.45 bits per heavy atom. The van der Waals surface area contributed by atoms with E-state index in [0.717, 1.165) is 37.1 Å². The number of carboxylic acid groups (broad SMARTS) is 1. The molecule has 20 heavy (non-hydrogen) atoms. The molecule has 1 aromatic carbocycles. The van der Waals surface area contributed by atoms with Crippen molar-refractivity contribution in [2.45, 2.75) is 51.6 Å². The summed E-state index contributed by atoms with van der Waals surface area (Å²) in [6.07, 6.45) is 4.32. The number of carbonyl (C=O) groups is 1. The third-order valence-electron chi connectivity index (χ3n) is 4.12. The minimum Gasteiger partial charge on any atom is -0.481 e. The number of carboxylic acids is 1. The fraction of sp³-hybridized carbons (Fsp3) is 0.562. The lowest BCUT2D eigenvalue weighted by molar-refractivity contribution is -0.137. The Balaban J connectivity index is 2.02. The zero-order valence-electron chi connectivity index (χ0n) is 11.9. The van der Waals surface area contributed by atoms with E-state index in [9.17, 15) is 9.18 Å². The van der Waals surface area contributed by atoms with Crippen molar-refractivity contribution in [2.75, 3.05) is 6.54 Å². The third kappa shape index (κ3) is 4.04. The van der Waals surface area contributed by atoms with Crippen LogP contribution in [0.25, 0.3) is 0 Å². The molecule has 1 saturated heterocycles. The molecular weight excluding hydrogens is 257 g/mol. The first-order valence-corrected chi connectivity index (χ1v) is 7.27. The molecule has 1 unspecified atom stereocenters. The van der Waals surface area contributed by atoms with Gasteiger partial charge in [0, 0.05) is 19.0 Å². The van der Waals surface area contributed by atoms with Gasteiger partial charge in [0.2, 0.25) is 0 Å². The summed E-state index contributed by atoms with van der Waals surface area (Å²) in [5.74, 6) is -0.930. The van der Waals surface area contributed by atoms with Crippen LogP contribution >= 0.6 is 0 Å². The molecule has 1 heterocycles. The number of rotatable bonds is 5. The standard InChI is InChI=1S/C16H22FNO2/c1-12-10-14(17)6-5-13(12)11-18-9-3-2-4-15(18)7-8-16(19)20/h5-6,10,15H,2-4,7-9,11H2,1H3,(H,19,20). The summed E-state index contributed by atoms with van der Waals surface area (Å²) in [4.78, 5) is 13.1. The monoisotopic (exact) mass is 279 g/mol. The highest BCUT2D eigenvalue weighted by Gasteiger charge is 2.23. The SMILES string of the molecule is Cc1cc(F)ccc1CN1CCCCC1CCC(=O)O.